The molecule has 1 unspecified atom stereocenters. The van der Waals surface area contributed by atoms with Gasteiger partial charge in [-0.15, -0.1) is 0 Å². The molecular weight excluding hydrogens is 204 g/mol. The van der Waals surface area contributed by atoms with Gasteiger partial charge in [0.1, 0.15) is 5.92 Å². The zero-order valence-corrected chi connectivity index (χ0v) is 9.82. The molecule has 1 aromatic carbocycles. The fourth-order valence-corrected chi connectivity index (χ4v) is 1.77. The van der Waals surface area contributed by atoms with Crippen LogP contribution in [-0.4, -0.2) is 18.9 Å². The summed E-state index contributed by atoms with van der Waals surface area (Å²) in [6.07, 6.45) is 0.474. The van der Waals surface area contributed by atoms with Crippen molar-refractivity contribution in [2.24, 2.45) is 5.92 Å². The number of benzene rings is 1. The van der Waals surface area contributed by atoms with Crippen molar-refractivity contribution < 1.29 is 14.3 Å². The lowest BCUT2D eigenvalue weighted by atomic mass is 10.1. The molecule has 3 heteroatoms. The Morgan fingerprint density at radius 1 is 1.31 bits per heavy atom. The highest BCUT2D eigenvalue weighted by Crippen LogP contribution is 2.26. The lowest BCUT2D eigenvalue weighted by molar-refractivity contribution is -0.143. The van der Waals surface area contributed by atoms with Gasteiger partial charge in [-0.1, -0.05) is 38.1 Å². The Morgan fingerprint density at radius 3 is 2.50 bits per heavy atom. The second-order valence-electron chi connectivity index (χ2n) is 3.30. The third-order valence-electron chi connectivity index (χ3n) is 2.51. The van der Waals surface area contributed by atoms with Crippen molar-refractivity contribution in [2.75, 3.05) is 7.11 Å². The third kappa shape index (κ3) is 2.13. The molecule has 0 aromatic heterocycles. The fourth-order valence-electron chi connectivity index (χ4n) is 1.77. The van der Waals surface area contributed by atoms with Gasteiger partial charge in [0.05, 0.1) is 7.11 Å². The molecule has 1 atom stereocenters. The molecule has 86 valence electrons. The number of fused-ring (bicyclic) bond motifs is 1. The van der Waals surface area contributed by atoms with Crippen LogP contribution in [0.2, 0.25) is 0 Å². The van der Waals surface area contributed by atoms with Crippen molar-refractivity contribution in [3.05, 3.63) is 35.4 Å². The normalized spacial score (nSPS) is 17.2. The molecule has 0 N–H and O–H groups in total. The molecule has 0 bridgehead atoms. The van der Waals surface area contributed by atoms with E-state index in [1.807, 2.05) is 26.0 Å². The van der Waals surface area contributed by atoms with Crippen LogP contribution in [0.5, 0.6) is 0 Å². The molecule has 0 spiro atoms. The molecule has 0 radical (unpaired) electrons. The van der Waals surface area contributed by atoms with E-state index in [-0.39, 0.29) is 5.78 Å². The number of ketones is 1. The van der Waals surface area contributed by atoms with Crippen molar-refractivity contribution in [1.82, 2.24) is 0 Å². The van der Waals surface area contributed by atoms with Gasteiger partial charge in [-0.05, 0) is 12.0 Å². The van der Waals surface area contributed by atoms with E-state index in [2.05, 4.69) is 4.74 Å². The smallest absolute Gasteiger partial charge is 0.316 e. The van der Waals surface area contributed by atoms with Gasteiger partial charge < -0.3 is 4.74 Å². The molecule has 0 heterocycles. The summed E-state index contributed by atoms with van der Waals surface area (Å²) < 4.78 is 4.58. The summed E-state index contributed by atoms with van der Waals surface area (Å²) >= 11 is 0. The number of hydrogen-bond donors (Lipinski definition) is 0. The first-order chi connectivity index (χ1) is 7.74. The molecule has 1 aliphatic rings. The zero-order valence-electron chi connectivity index (χ0n) is 9.82. The lowest BCUT2D eigenvalue weighted by Gasteiger charge is -2.03. The highest BCUT2D eigenvalue weighted by atomic mass is 16.5. The van der Waals surface area contributed by atoms with Crippen LogP contribution in [0, 0.1) is 5.92 Å². The van der Waals surface area contributed by atoms with Crippen molar-refractivity contribution in [3.63, 3.8) is 0 Å². The van der Waals surface area contributed by atoms with E-state index in [1.165, 1.54) is 7.11 Å². The molecular formula is C13H16O3. The van der Waals surface area contributed by atoms with Crippen LogP contribution in [0.3, 0.4) is 0 Å². The van der Waals surface area contributed by atoms with Crippen LogP contribution in [-0.2, 0) is 16.0 Å². The molecule has 1 aromatic rings. The molecule has 3 nitrogen and oxygen atoms in total. The van der Waals surface area contributed by atoms with Gasteiger partial charge in [0.2, 0.25) is 0 Å². The molecule has 0 saturated heterocycles. The highest BCUT2D eigenvalue weighted by molar-refractivity contribution is 6.12. The largest absolute Gasteiger partial charge is 0.468 e. The maximum absolute atomic E-state index is 11.7. The minimum Gasteiger partial charge on any atom is -0.468 e. The minimum atomic E-state index is -0.627. The topological polar surface area (TPSA) is 43.4 Å². The van der Waals surface area contributed by atoms with Gasteiger partial charge >= 0.3 is 5.97 Å². The maximum atomic E-state index is 11.7. The summed E-state index contributed by atoms with van der Waals surface area (Å²) in [5.41, 5.74) is 1.59. The number of rotatable bonds is 1. The summed E-state index contributed by atoms with van der Waals surface area (Å²) in [6, 6.07) is 7.29. The monoisotopic (exact) mass is 220 g/mol. The van der Waals surface area contributed by atoms with Crippen molar-refractivity contribution in [1.29, 1.82) is 0 Å². The van der Waals surface area contributed by atoms with Crippen molar-refractivity contribution >= 4 is 11.8 Å². The first kappa shape index (κ1) is 12.4. The van der Waals surface area contributed by atoms with Gasteiger partial charge in [-0.2, -0.15) is 0 Å². The summed E-state index contributed by atoms with van der Waals surface area (Å²) in [5.74, 6) is -1.18. The minimum absolute atomic E-state index is 0.118. The number of methoxy groups -OCH3 is 1. The Balaban J connectivity index is 0.000000606. The first-order valence-electron chi connectivity index (χ1n) is 5.44. The van der Waals surface area contributed by atoms with Gasteiger partial charge in [0.25, 0.3) is 0 Å². The summed E-state index contributed by atoms with van der Waals surface area (Å²) in [5, 5.41) is 0. The summed E-state index contributed by atoms with van der Waals surface area (Å²) in [6.45, 7) is 4.00. The number of hydrogen-bond acceptors (Lipinski definition) is 3. The highest BCUT2D eigenvalue weighted by Gasteiger charge is 2.35. The molecule has 0 fully saturated rings. The summed E-state index contributed by atoms with van der Waals surface area (Å²) in [7, 11) is 1.30. The van der Waals surface area contributed by atoms with Crippen LogP contribution in [0.4, 0.5) is 0 Å². The fraction of sp³-hybridized carbons (Fsp3) is 0.385. The third-order valence-corrected chi connectivity index (χ3v) is 2.51. The zero-order chi connectivity index (χ0) is 12.1. The van der Waals surface area contributed by atoms with E-state index in [0.29, 0.717) is 12.0 Å². The Bertz CT molecular complexity index is 396. The average molecular weight is 220 g/mol. The first-order valence-corrected chi connectivity index (χ1v) is 5.44. The SMILES string of the molecule is CC.COC(=O)C1Cc2ccccc2C1=O. The van der Waals surface area contributed by atoms with E-state index >= 15 is 0 Å². The van der Waals surface area contributed by atoms with Gasteiger partial charge in [-0.3, -0.25) is 9.59 Å². The number of Topliss-reactive ketones (excluding diaryl/α,β-unsaturated/α-hetero) is 1. The van der Waals surface area contributed by atoms with Crippen LogP contribution in [0.1, 0.15) is 29.8 Å². The van der Waals surface area contributed by atoms with Crippen molar-refractivity contribution in [3.8, 4) is 0 Å². The van der Waals surface area contributed by atoms with Crippen LogP contribution in [0.15, 0.2) is 24.3 Å². The van der Waals surface area contributed by atoms with Crippen LogP contribution in [0.25, 0.3) is 0 Å². The Kier molecular flexibility index (Phi) is 4.23. The molecule has 16 heavy (non-hydrogen) atoms. The lowest BCUT2D eigenvalue weighted by Crippen LogP contribution is -2.21. The molecule has 2 rings (SSSR count). The number of carbonyl (C=O) groups is 2. The van der Waals surface area contributed by atoms with Gasteiger partial charge in [-0.25, -0.2) is 0 Å². The van der Waals surface area contributed by atoms with E-state index < -0.39 is 11.9 Å². The summed E-state index contributed by atoms with van der Waals surface area (Å²) in [4.78, 5) is 22.9. The van der Waals surface area contributed by atoms with E-state index in [4.69, 9.17) is 0 Å². The predicted molar refractivity (Wildman–Crippen MR) is 61.3 cm³/mol. The second-order valence-corrected chi connectivity index (χ2v) is 3.30. The van der Waals surface area contributed by atoms with E-state index in [1.54, 1.807) is 12.1 Å². The standard InChI is InChI=1S/C11H10O3.C2H6/c1-14-11(13)9-6-7-4-2-3-5-8(7)10(9)12;1-2/h2-5,9H,6H2,1H3;1-2H3. The quantitative estimate of drug-likeness (QED) is 0.538. The number of esters is 1. The molecule has 0 amide bonds. The number of ether oxygens (including phenoxy) is 1. The van der Waals surface area contributed by atoms with Gasteiger partial charge in [0.15, 0.2) is 5.78 Å². The Morgan fingerprint density at radius 2 is 1.94 bits per heavy atom. The number of carbonyl (C=O) groups excluding carboxylic acids is 2. The van der Waals surface area contributed by atoms with Crippen LogP contribution < -0.4 is 0 Å². The maximum Gasteiger partial charge on any atom is 0.316 e. The second kappa shape index (κ2) is 5.45. The van der Waals surface area contributed by atoms with Crippen LogP contribution >= 0.6 is 0 Å². The Hall–Kier alpha value is -1.64. The van der Waals surface area contributed by atoms with Crippen molar-refractivity contribution in [2.45, 2.75) is 20.3 Å². The van der Waals surface area contributed by atoms with Gasteiger partial charge in [0, 0.05) is 5.56 Å². The van der Waals surface area contributed by atoms with E-state index in [9.17, 15) is 9.59 Å². The molecule has 0 saturated carbocycles. The van der Waals surface area contributed by atoms with E-state index in [0.717, 1.165) is 5.56 Å². The average Bonchev–Trinajstić information content (AvgIpc) is 2.69. The predicted octanol–water partition coefficient (Wildman–Crippen LogP) is 2.24. The Labute approximate surface area is 95.4 Å². The molecule has 1 aliphatic carbocycles. The molecule has 0 aliphatic heterocycles.